The van der Waals surface area contributed by atoms with Gasteiger partial charge in [-0.2, -0.15) is 11.3 Å². The molecule has 1 amide bonds. The van der Waals surface area contributed by atoms with E-state index in [9.17, 15) is 9.59 Å². The highest BCUT2D eigenvalue weighted by Crippen LogP contribution is 2.17. The fraction of sp³-hybridized carbons (Fsp3) is 0.100. The fourth-order valence-electron chi connectivity index (χ4n) is 2.26. The molecule has 5 heteroatoms. The van der Waals surface area contributed by atoms with Crippen molar-refractivity contribution in [3.05, 3.63) is 82.6 Å². The number of carbonyl (C=O) groups excluding carboxylic acids is 2. The predicted octanol–water partition coefficient (Wildman–Crippen LogP) is 4.54. The lowest BCUT2D eigenvalue weighted by molar-refractivity contribution is -0.134. The first-order valence-electron chi connectivity index (χ1n) is 7.89. The molecule has 0 aliphatic carbocycles. The average molecular weight is 351 g/mol. The first-order valence-corrected chi connectivity index (χ1v) is 8.83. The maximum Gasteiger partial charge on any atom is 0.311 e. The van der Waals surface area contributed by atoms with Crippen molar-refractivity contribution < 1.29 is 14.3 Å². The van der Waals surface area contributed by atoms with Crippen molar-refractivity contribution in [3.8, 4) is 5.75 Å². The SMILES string of the molecule is O=C(CCc1ccsc1)Oc1ccc(NC(=O)c2ccccc2)cc1. The maximum absolute atomic E-state index is 12.1. The molecule has 1 heterocycles. The van der Waals surface area contributed by atoms with Gasteiger partial charge in [-0.3, -0.25) is 9.59 Å². The summed E-state index contributed by atoms with van der Waals surface area (Å²) >= 11 is 1.61. The van der Waals surface area contributed by atoms with E-state index in [0.717, 1.165) is 5.56 Å². The van der Waals surface area contributed by atoms with Crippen LogP contribution >= 0.6 is 11.3 Å². The van der Waals surface area contributed by atoms with Crippen molar-refractivity contribution in [1.29, 1.82) is 0 Å². The Labute approximate surface area is 150 Å². The Kier molecular flexibility index (Phi) is 5.59. The number of carbonyl (C=O) groups is 2. The Balaban J connectivity index is 1.51. The first kappa shape index (κ1) is 16.9. The highest BCUT2D eigenvalue weighted by molar-refractivity contribution is 7.07. The monoisotopic (exact) mass is 351 g/mol. The zero-order valence-electron chi connectivity index (χ0n) is 13.5. The fourth-order valence-corrected chi connectivity index (χ4v) is 2.97. The van der Waals surface area contributed by atoms with E-state index in [1.165, 1.54) is 0 Å². The molecule has 0 atom stereocenters. The summed E-state index contributed by atoms with van der Waals surface area (Å²) < 4.78 is 5.31. The van der Waals surface area contributed by atoms with Gasteiger partial charge in [0, 0.05) is 11.3 Å². The molecule has 3 rings (SSSR count). The van der Waals surface area contributed by atoms with Crippen molar-refractivity contribution in [2.24, 2.45) is 0 Å². The molecule has 0 bridgehead atoms. The number of esters is 1. The van der Waals surface area contributed by atoms with Gasteiger partial charge in [0.2, 0.25) is 0 Å². The van der Waals surface area contributed by atoms with E-state index in [2.05, 4.69) is 5.32 Å². The molecule has 0 aliphatic rings. The summed E-state index contributed by atoms with van der Waals surface area (Å²) in [6.07, 6.45) is 1.01. The summed E-state index contributed by atoms with van der Waals surface area (Å²) in [6.45, 7) is 0. The highest BCUT2D eigenvalue weighted by Gasteiger charge is 2.08. The minimum absolute atomic E-state index is 0.180. The van der Waals surface area contributed by atoms with Crippen molar-refractivity contribution in [3.63, 3.8) is 0 Å². The van der Waals surface area contributed by atoms with Crippen LogP contribution in [-0.4, -0.2) is 11.9 Å². The molecule has 0 radical (unpaired) electrons. The molecule has 2 aromatic carbocycles. The number of amides is 1. The summed E-state index contributed by atoms with van der Waals surface area (Å²) in [5.41, 5.74) is 2.37. The lowest BCUT2D eigenvalue weighted by Gasteiger charge is -2.07. The number of benzene rings is 2. The summed E-state index contributed by atoms with van der Waals surface area (Å²) in [6, 6.07) is 17.7. The molecule has 25 heavy (non-hydrogen) atoms. The number of nitrogens with one attached hydrogen (secondary N) is 1. The summed E-state index contributed by atoms with van der Waals surface area (Å²) in [4.78, 5) is 23.9. The molecule has 126 valence electrons. The standard InChI is InChI=1S/C20H17NO3S/c22-19(11-6-15-12-13-25-14-15)24-18-9-7-17(8-10-18)21-20(23)16-4-2-1-3-5-16/h1-5,7-10,12-14H,6,11H2,(H,21,23). The molecule has 0 saturated heterocycles. The second kappa shape index (κ2) is 8.26. The number of hydrogen-bond donors (Lipinski definition) is 1. The molecule has 1 aromatic heterocycles. The predicted molar refractivity (Wildman–Crippen MR) is 99.1 cm³/mol. The number of rotatable bonds is 6. The quantitative estimate of drug-likeness (QED) is 0.524. The van der Waals surface area contributed by atoms with Gasteiger partial charge in [-0.1, -0.05) is 18.2 Å². The van der Waals surface area contributed by atoms with E-state index < -0.39 is 0 Å². The van der Waals surface area contributed by atoms with E-state index >= 15 is 0 Å². The number of ether oxygens (including phenoxy) is 1. The van der Waals surface area contributed by atoms with Gasteiger partial charge in [0.15, 0.2) is 0 Å². The second-order valence-corrected chi connectivity index (χ2v) is 6.23. The Hall–Kier alpha value is -2.92. The second-order valence-electron chi connectivity index (χ2n) is 5.45. The topological polar surface area (TPSA) is 55.4 Å². The van der Waals surface area contributed by atoms with Gasteiger partial charge in [-0.25, -0.2) is 0 Å². The van der Waals surface area contributed by atoms with Gasteiger partial charge in [-0.05, 0) is 65.2 Å². The van der Waals surface area contributed by atoms with Gasteiger partial charge in [0.25, 0.3) is 5.91 Å². The third kappa shape index (κ3) is 5.02. The molecule has 0 spiro atoms. The van der Waals surface area contributed by atoms with Crippen LogP contribution in [0, 0.1) is 0 Å². The molecule has 3 aromatic rings. The van der Waals surface area contributed by atoms with E-state index in [1.54, 1.807) is 47.7 Å². The molecule has 4 nitrogen and oxygen atoms in total. The van der Waals surface area contributed by atoms with Gasteiger partial charge in [-0.15, -0.1) is 0 Å². The van der Waals surface area contributed by atoms with E-state index in [-0.39, 0.29) is 11.9 Å². The number of aryl methyl sites for hydroxylation is 1. The third-order valence-corrected chi connectivity index (χ3v) is 4.31. The smallest absolute Gasteiger partial charge is 0.311 e. The van der Waals surface area contributed by atoms with Crippen LogP contribution in [-0.2, 0) is 11.2 Å². The zero-order chi connectivity index (χ0) is 17.5. The number of hydrogen-bond acceptors (Lipinski definition) is 4. The summed E-state index contributed by atoms with van der Waals surface area (Å²) in [5.74, 6) is 0.0152. The van der Waals surface area contributed by atoms with Gasteiger partial charge < -0.3 is 10.1 Å². The van der Waals surface area contributed by atoms with E-state index in [1.807, 2.05) is 35.0 Å². The maximum atomic E-state index is 12.1. The van der Waals surface area contributed by atoms with Crippen molar-refractivity contribution in [1.82, 2.24) is 0 Å². The van der Waals surface area contributed by atoms with Crippen LogP contribution in [0.5, 0.6) is 5.75 Å². The first-order chi connectivity index (χ1) is 12.2. The molecular weight excluding hydrogens is 334 g/mol. The van der Waals surface area contributed by atoms with Crippen LogP contribution in [0.15, 0.2) is 71.4 Å². The molecule has 0 saturated carbocycles. The van der Waals surface area contributed by atoms with Crippen LogP contribution in [0.2, 0.25) is 0 Å². The van der Waals surface area contributed by atoms with Gasteiger partial charge in [0.1, 0.15) is 5.75 Å². The Morgan fingerprint density at radius 3 is 2.40 bits per heavy atom. The average Bonchev–Trinajstić information content (AvgIpc) is 3.16. The number of anilines is 1. The van der Waals surface area contributed by atoms with Crippen molar-refractivity contribution in [2.45, 2.75) is 12.8 Å². The summed E-state index contributed by atoms with van der Waals surface area (Å²) in [7, 11) is 0. The van der Waals surface area contributed by atoms with Gasteiger partial charge in [0.05, 0.1) is 6.42 Å². The highest BCUT2D eigenvalue weighted by atomic mass is 32.1. The van der Waals surface area contributed by atoms with Gasteiger partial charge >= 0.3 is 5.97 Å². The lowest BCUT2D eigenvalue weighted by Crippen LogP contribution is -2.12. The van der Waals surface area contributed by atoms with Crippen molar-refractivity contribution in [2.75, 3.05) is 5.32 Å². The minimum Gasteiger partial charge on any atom is -0.427 e. The largest absolute Gasteiger partial charge is 0.427 e. The Morgan fingerprint density at radius 2 is 1.72 bits per heavy atom. The van der Waals surface area contributed by atoms with Crippen LogP contribution < -0.4 is 10.1 Å². The molecule has 1 N–H and O–H groups in total. The molecule has 0 unspecified atom stereocenters. The van der Waals surface area contributed by atoms with Crippen molar-refractivity contribution >= 4 is 28.9 Å². The van der Waals surface area contributed by atoms with Crippen LogP contribution in [0.1, 0.15) is 22.3 Å². The number of thiophene rings is 1. The normalized spacial score (nSPS) is 10.2. The lowest BCUT2D eigenvalue weighted by atomic mass is 10.2. The zero-order valence-corrected chi connectivity index (χ0v) is 14.3. The van der Waals surface area contributed by atoms with E-state index in [4.69, 9.17) is 4.74 Å². The van der Waals surface area contributed by atoms with Crippen LogP contribution in [0.25, 0.3) is 0 Å². The van der Waals surface area contributed by atoms with Crippen LogP contribution in [0.3, 0.4) is 0 Å². The summed E-state index contributed by atoms with van der Waals surface area (Å²) in [5, 5.41) is 6.82. The Morgan fingerprint density at radius 1 is 0.960 bits per heavy atom. The molecule has 0 fully saturated rings. The molecule has 0 aliphatic heterocycles. The third-order valence-electron chi connectivity index (χ3n) is 3.58. The van der Waals surface area contributed by atoms with Crippen LogP contribution in [0.4, 0.5) is 5.69 Å². The Bertz CT molecular complexity index is 827. The van der Waals surface area contributed by atoms with E-state index in [0.29, 0.717) is 29.8 Å². The minimum atomic E-state index is -0.271. The molecular formula is C20H17NO3S.